The van der Waals surface area contributed by atoms with Gasteiger partial charge in [-0.2, -0.15) is 0 Å². The molecule has 0 fully saturated rings. The number of nitrogens with zero attached hydrogens (tertiary/aromatic N) is 2. The predicted molar refractivity (Wildman–Crippen MR) is 77.2 cm³/mol. The van der Waals surface area contributed by atoms with Gasteiger partial charge >= 0.3 is 0 Å². The summed E-state index contributed by atoms with van der Waals surface area (Å²) >= 11 is 0. The standard InChI is InChI=1S/C16H21N3/c1-17-15(16-18-8-9-19(16)2)11-12-6-7-13-4-3-5-14(13)10-12/h6-10,15,17H,3-5,11H2,1-2H3. The van der Waals surface area contributed by atoms with Crippen LogP contribution in [0.4, 0.5) is 0 Å². The highest BCUT2D eigenvalue weighted by molar-refractivity contribution is 5.35. The Kier molecular flexibility index (Phi) is 3.38. The quantitative estimate of drug-likeness (QED) is 0.909. The summed E-state index contributed by atoms with van der Waals surface area (Å²) in [4.78, 5) is 4.46. The highest BCUT2D eigenvalue weighted by Gasteiger charge is 2.16. The summed E-state index contributed by atoms with van der Waals surface area (Å²) in [7, 11) is 4.06. The van der Waals surface area contributed by atoms with E-state index in [-0.39, 0.29) is 6.04 Å². The lowest BCUT2D eigenvalue weighted by molar-refractivity contribution is 0.538. The van der Waals surface area contributed by atoms with Crippen molar-refractivity contribution in [1.82, 2.24) is 14.9 Å². The molecule has 1 aliphatic rings. The van der Waals surface area contributed by atoms with E-state index >= 15 is 0 Å². The van der Waals surface area contributed by atoms with Crippen molar-refractivity contribution in [3.05, 3.63) is 53.1 Å². The average Bonchev–Trinajstić information content (AvgIpc) is 3.04. The molecular formula is C16H21N3. The second-order valence-corrected chi connectivity index (χ2v) is 5.40. The van der Waals surface area contributed by atoms with Crippen molar-refractivity contribution in [3.63, 3.8) is 0 Å². The van der Waals surface area contributed by atoms with E-state index in [4.69, 9.17) is 0 Å². The van der Waals surface area contributed by atoms with Gasteiger partial charge in [-0.25, -0.2) is 4.98 Å². The van der Waals surface area contributed by atoms with Gasteiger partial charge in [0.25, 0.3) is 0 Å². The van der Waals surface area contributed by atoms with Crippen LogP contribution in [-0.4, -0.2) is 16.6 Å². The molecule has 1 unspecified atom stereocenters. The molecule has 19 heavy (non-hydrogen) atoms. The predicted octanol–water partition coefficient (Wildman–Crippen LogP) is 2.41. The van der Waals surface area contributed by atoms with Gasteiger partial charge in [-0.05, 0) is 49.4 Å². The molecular weight excluding hydrogens is 234 g/mol. The van der Waals surface area contributed by atoms with Gasteiger partial charge in [-0.15, -0.1) is 0 Å². The molecule has 1 aromatic carbocycles. The lowest BCUT2D eigenvalue weighted by Gasteiger charge is -2.16. The van der Waals surface area contributed by atoms with Crippen LogP contribution in [0.15, 0.2) is 30.6 Å². The van der Waals surface area contributed by atoms with Gasteiger partial charge in [0.1, 0.15) is 5.82 Å². The lowest BCUT2D eigenvalue weighted by atomic mass is 10.0. The number of imidazole rings is 1. The molecule has 3 rings (SSSR count). The molecule has 100 valence electrons. The number of fused-ring (bicyclic) bond motifs is 1. The van der Waals surface area contributed by atoms with Crippen molar-refractivity contribution in [3.8, 4) is 0 Å². The fraction of sp³-hybridized carbons (Fsp3) is 0.438. The van der Waals surface area contributed by atoms with E-state index in [1.54, 1.807) is 11.1 Å². The molecule has 1 N–H and O–H groups in total. The second kappa shape index (κ2) is 5.17. The third-order valence-corrected chi connectivity index (χ3v) is 4.12. The van der Waals surface area contributed by atoms with E-state index < -0.39 is 0 Å². The van der Waals surface area contributed by atoms with E-state index in [1.807, 2.05) is 19.4 Å². The highest BCUT2D eigenvalue weighted by atomic mass is 15.1. The zero-order valence-corrected chi connectivity index (χ0v) is 11.7. The first-order chi connectivity index (χ1) is 9.28. The number of hydrogen-bond donors (Lipinski definition) is 1. The minimum Gasteiger partial charge on any atom is -0.337 e. The van der Waals surface area contributed by atoms with E-state index in [0.29, 0.717) is 0 Å². The summed E-state index contributed by atoms with van der Waals surface area (Å²) in [6.07, 6.45) is 8.67. The molecule has 0 radical (unpaired) electrons. The van der Waals surface area contributed by atoms with E-state index in [1.165, 1.54) is 24.8 Å². The fourth-order valence-electron chi connectivity index (χ4n) is 3.02. The molecule has 1 atom stereocenters. The van der Waals surface area contributed by atoms with Crippen LogP contribution in [0, 0.1) is 0 Å². The van der Waals surface area contributed by atoms with Gasteiger partial charge in [0.2, 0.25) is 0 Å². The molecule has 0 aliphatic heterocycles. The van der Waals surface area contributed by atoms with Crippen LogP contribution in [0.1, 0.15) is 35.0 Å². The molecule has 0 saturated carbocycles. The van der Waals surface area contributed by atoms with Crippen molar-refractivity contribution in [2.45, 2.75) is 31.7 Å². The molecule has 1 aliphatic carbocycles. The number of likely N-dealkylation sites (N-methyl/N-ethyl adjacent to an activating group) is 1. The van der Waals surface area contributed by atoms with Crippen molar-refractivity contribution >= 4 is 0 Å². The average molecular weight is 255 g/mol. The van der Waals surface area contributed by atoms with Crippen LogP contribution in [0.25, 0.3) is 0 Å². The van der Waals surface area contributed by atoms with Crippen molar-refractivity contribution < 1.29 is 0 Å². The highest BCUT2D eigenvalue weighted by Crippen LogP contribution is 2.25. The van der Waals surface area contributed by atoms with Gasteiger partial charge in [0.15, 0.2) is 0 Å². The number of aryl methyl sites for hydroxylation is 3. The topological polar surface area (TPSA) is 29.9 Å². The third kappa shape index (κ3) is 2.43. The molecule has 2 aromatic rings. The number of nitrogens with one attached hydrogen (secondary N) is 1. The minimum atomic E-state index is 0.277. The van der Waals surface area contributed by atoms with Crippen LogP contribution < -0.4 is 5.32 Å². The maximum absolute atomic E-state index is 4.46. The van der Waals surface area contributed by atoms with Crippen LogP contribution in [-0.2, 0) is 26.3 Å². The summed E-state index contributed by atoms with van der Waals surface area (Å²) in [5, 5.41) is 3.38. The second-order valence-electron chi connectivity index (χ2n) is 5.40. The zero-order valence-electron chi connectivity index (χ0n) is 11.7. The molecule has 0 saturated heterocycles. The van der Waals surface area contributed by atoms with Gasteiger partial charge < -0.3 is 9.88 Å². The first-order valence-electron chi connectivity index (χ1n) is 7.03. The Morgan fingerprint density at radius 3 is 2.89 bits per heavy atom. The van der Waals surface area contributed by atoms with Gasteiger partial charge in [-0.1, -0.05) is 18.2 Å². The Bertz CT molecular complexity index is 571. The smallest absolute Gasteiger partial charge is 0.125 e. The Morgan fingerprint density at radius 2 is 2.16 bits per heavy atom. The van der Waals surface area contributed by atoms with E-state index in [9.17, 15) is 0 Å². The lowest BCUT2D eigenvalue weighted by Crippen LogP contribution is -2.22. The Hall–Kier alpha value is -1.61. The first-order valence-corrected chi connectivity index (χ1v) is 7.03. The Morgan fingerprint density at radius 1 is 1.32 bits per heavy atom. The van der Waals surface area contributed by atoms with Crippen molar-refractivity contribution in [2.75, 3.05) is 7.05 Å². The fourth-order valence-corrected chi connectivity index (χ4v) is 3.02. The van der Waals surface area contributed by atoms with E-state index in [2.05, 4.69) is 40.1 Å². The molecule has 0 amide bonds. The van der Waals surface area contributed by atoms with Crippen molar-refractivity contribution in [1.29, 1.82) is 0 Å². The van der Waals surface area contributed by atoms with Gasteiger partial charge in [0.05, 0.1) is 6.04 Å². The van der Waals surface area contributed by atoms with Gasteiger partial charge in [-0.3, -0.25) is 0 Å². The third-order valence-electron chi connectivity index (χ3n) is 4.12. The molecule has 1 heterocycles. The maximum atomic E-state index is 4.46. The molecule has 3 nitrogen and oxygen atoms in total. The zero-order chi connectivity index (χ0) is 13.2. The first kappa shape index (κ1) is 12.4. The minimum absolute atomic E-state index is 0.277. The molecule has 0 bridgehead atoms. The van der Waals surface area contributed by atoms with Crippen molar-refractivity contribution in [2.24, 2.45) is 7.05 Å². The number of benzene rings is 1. The maximum Gasteiger partial charge on any atom is 0.125 e. The largest absolute Gasteiger partial charge is 0.337 e. The molecule has 3 heteroatoms. The summed E-state index contributed by atoms with van der Waals surface area (Å²) < 4.78 is 2.09. The summed E-state index contributed by atoms with van der Waals surface area (Å²) in [6.45, 7) is 0. The van der Waals surface area contributed by atoms with Crippen LogP contribution in [0.2, 0.25) is 0 Å². The number of rotatable bonds is 4. The van der Waals surface area contributed by atoms with E-state index in [0.717, 1.165) is 12.2 Å². The van der Waals surface area contributed by atoms with Crippen LogP contribution in [0.5, 0.6) is 0 Å². The van der Waals surface area contributed by atoms with Crippen LogP contribution >= 0.6 is 0 Å². The van der Waals surface area contributed by atoms with Crippen LogP contribution in [0.3, 0.4) is 0 Å². The van der Waals surface area contributed by atoms with Gasteiger partial charge in [0, 0.05) is 19.4 Å². The summed E-state index contributed by atoms with van der Waals surface area (Å²) in [6, 6.07) is 7.25. The SMILES string of the molecule is CNC(Cc1ccc2c(c1)CCC2)c1nccn1C. The molecule has 1 aromatic heterocycles. The summed E-state index contributed by atoms with van der Waals surface area (Å²) in [5.41, 5.74) is 4.50. The Labute approximate surface area is 114 Å². The number of hydrogen-bond acceptors (Lipinski definition) is 2. The summed E-state index contributed by atoms with van der Waals surface area (Å²) in [5.74, 6) is 1.10. The normalized spacial score (nSPS) is 15.5. The number of aromatic nitrogens is 2. The monoisotopic (exact) mass is 255 g/mol. The molecule has 0 spiro atoms. The Balaban J connectivity index is 1.81.